The number of benzene rings is 2. The molecule has 24 heavy (non-hydrogen) atoms. The number of hydrogen-bond donors (Lipinski definition) is 0. The molecule has 0 saturated heterocycles. The molecule has 2 aromatic carbocycles. The maximum Gasteiger partial charge on any atom is 0.144 e. The molecule has 0 fully saturated rings. The molecule has 0 amide bonds. The number of aromatic nitrogens is 2. The minimum atomic E-state index is -0.515. The Bertz CT molecular complexity index is 902. The summed E-state index contributed by atoms with van der Waals surface area (Å²) in [6.07, 6.45) is 4.50. The minimum Gasteiger partial charge on any atom is -0.323 e. The average Bonchev–Trinajstić information content (AvgIpc) is 2.88. The predicted octanol–water partition coefficient (Wildman–Crippen LogP) is 5.54. The molecule has 127 valence electrons. The minimum absolute atomic E-state index is 0. The summed E-state index contributed by atoms with van der Waals surface area (Å²) < 4.78 is 31.1. The second-order valence-electron chi connectivity index (χ2n) is 6.10. The summed E-state index contributed by atoms with van der Waals surface area (Å²) in [4.78, 5) is 4.61. The monoisotopic (exact) mass is 505 g/mol. The van der Waals surface area contributed by atoms with Crippen molar-refractivity contribution in [3.63, 3.8) is 0 Å². The van der Waals surface area contributed by atoms with Crippen LogP contribution in [0.3, 0.4) is 0 Å². The van der Waals surface area contributed by atoms with Crippen LogP contribution >= 0.6 is 0 Å². The molecule has 2 heterocycles. The van der Waals surface area contributed by atoms with Crippen molar-refractivity contribution in [3.05, 3.63) is 42.0 Å². The van der Waals surface area contributed by atoms with E-state index in [1.165, 1.54) is 25.0 Å². The topological polar surface area (TPSA) is 17.8 Å². The molecule has 0 saturated carbocycles. The van der Waals surface area contributed by atoms with Crippen LogP contribution < -0.4 is 0 Å². The number of fused-ring (bicyclic) bond motifs is 5. The van der Waals surface area contributed by atoms with E-state index in [0.29, 0.717) is 17.0 Å². The van der Waals surface area contributed by atoms with E-state index in [9.17, 15) is 8.78 Å². The van der Waals surface area contributed by atoms with E-state index in [0.717, 1.165) is 30.4 Å². The van der Waals surface area contributed by atoms with E-state index >= 15 is 0 Å². The number of halogens is 2. The molecule has 0 atom stereocenters. The molecule has 1 aliphatic heterocycles. The number of para-hydroxylation sites is 1. The first-order chi connectivity index (χ1) is 11.2. The quantitative estimate of drug-likeness (QED) is 0.327. The fraction of sp³-hybridized carbons (Fsp3) is 0.316. The van der Waals surface area contributed by atoms with Crippen molar-refractivity contribution < 1.29 is 28.9 Å². The van der Waals surface area contributed by atoms with E-state index in [-0.39, 0.29) is 25.7 Å². The Morgan fingerprint density at radius 1 is 1.00 bits per heavy atom. The molecule has 2 nitrogen and oxygen atoms in total. The van der Waals surface area contributed by atoms with Crippen LogP contribution in [0.5, 0.6) is 0 Å². The van der Waals surface area contributed by atoms with Gasteiger partial charge in [-0.1, -0.05) is 38.3 Å². The summed E-state index contributed by atoms with van der Waals surface area (Å²) in [5.41, 5.74) is 2.72. The van der Waals surface area contributed by atoms with Gasteiger partial charge < -0.3 is 4.57 Å². The van der Waals surface area contributed by atoms with Crippen LogP contribution in [0, 0.1) is 11.6 Å². The number of imidazole rings is 1. The van der Waals surface area contributed by atoms with Gasteiger partial charge in [-0.15, -0.1) is 0 Å². The Morgan fingerprint density at radius 3 is 2.62 bits per heavy atom. The Morgan fingerprint density at radius 2 is 1.83 bits per heavy atom. The summed E-state index contributed by atoms with van der Waals surface area (Å²) >= 11 is 0. The first-order valence-electron chi connectivity index (χ1n) is 8.20. The number of aryl methyl sites for hydroxylation is 1. The Labute approximate surface area is 153 Å². The fourth-order valence-electron chi connectivity index (χ4n) is 3.48. The van der Waals surface area contributed by atoms with Gasteiger partial charge in [0.15, 0.2) is 0 Å². The van der Waals surface area contributed by atoms with Crippen LogP contribution in [0.15, 0.2) is 30.3 Å². The first kappa shape index (κ1) is 17.2. The van der Waals surface area contributed by atoms with Gasteiger partial charge in [0.25, 0.3) is 0 Å². The zero-order valence-corrected chi connectivity index (χ0v) is 15.8. The van der Waals surface area contributed by atoms with Gasteiger partial charge in [0.05, 0.1) is 22.2 Å². The molecule has 0 aliphatic carbocycles. The molecule has 5 heteroatoms. The Balaban J connectivity index is 0.00000169. The van der Waals surface area contributed by atoms with Crippen molar-refractivity contribution in [3.8, 4) is 22.5 Å². The summed E-state index contributed by atoms with van der Waals surface area (Å²) in [5, 5.41) is 0. The molecule has 0 unspecified atom stereocenters. The predicted molar refractivity (Wildman–Crippen MR) is 88.2 cm³/mol. The maximum atomic E-state index is 14.8. The average molecular weight is 505 g/mol. The van der Waals surface area contributed by atoms with E-state index in [1.807, 2.05) is 12.1 Å². The number of nitrogens with zero attached hydrogens (tertiary/aromatic N) is 2. The summed E-state index contributed by atoms with van der Waals surface area (Å²) in [6, 6.07) is 8.35. The third kappa shape index (κ3) is 2.51. The first-order valence-corrected chi connectivity index (χ1v) is 8.20. The summed E-state index contributed by atoms with van der Waals surface area (Å²) in [5.74, 6) is -0.406. The van der Waals surface area contributed by atoms with E-state index in [4.69, 9.17) is 0 Å². The molecule has 4 bridgehead atoms. The largest absolute Gasteiger partial charge is 0.323 e. The normalized spacial score (nSPS) is 11.6. The molecular weight excluding hydrogens is 486 g/mol. The van der Waals surface area contributed by atoms with Gasteiger partial charge in [-0.2, -0.15) is 0 Å². The molecule has 1 aliphatic rings. The smallest absolute Gasteiger partial charge is 0.144 e. The summed E-state index contributed by atoms with van der Waals surface area (Å²) in [6.45, 7) is 2.95. The van der Waals surface area contributed by atoms with Crippen molar-refractivity contribution in [1.29, 1.82) is 0 Å². The fourth-order valence-corrected chi connectivity index (χ4v) is 3.48. The van der Waals surface area contributed by atoms with Crippen LogP contribution in [0.2, 0.25) is 0 Å². The summed E-state index contributed by atoms with van der Waals surface area (Å²) in [7, 11) is 0. The van der Waals surface area contributed by atoms with Crippen LogP contribution in [-0.4, -0.2) is 9.55 Å². The van der Waals surface area contributed by atoms with Gasteiger partial charge in [-0.25, -0.2) is 13.8 Å². The zero-order chi connectivity index (χ0) is 16.0. The third-order valence-corrected chi connectivity index (χ3v) is 4.60. The standard InChI is InChI=1S/C19H18F2N2.Ir/c1-2-3-4-5-11-23-18-12-7-6-8-15(18)22-19(23)13-9-10-14(20)16(12)17(13)21;/h6-10H,2-5,11H2,1H3;. The molecular formula is C19H18F2IrN2. The van der Waals surface area contributed by atoms with Gasteiger partial charge in [-0.3, -0.25) is 0 Å². The van der Waals surface area contributed by atoms with Crippen LogP contribution in [-0.2, 0) is 26.7 Å². The number of hydrogen-bond acceptors (Lipinski definition) is 1. The number of rotatable bonds is 5. The molecule has 1 radical (unpaired) electrons. The van der Waals surface area contributed by atoms with Crippen LogP contribution in [0.4, 0.5) is 8.78 Å². The third-order valence-electron chi connectivity index (χ3n) is 4.60. The van der Waals surface area contributed by atoms with Crippen molar-refractivity contribution >= 4 is 11.0 Å². The molecule has 4 rings (SSSR count). The molecule has 3 aromatic rings. The Kier molecular flexibility index (Phi) is 4.84. The Hall–Kier alpha value is -1.58. The van der Waals surface area contributed by atoms with Gasteiger partial charge >= 0.3 is 0 Å². The maximum absolute atomic E-state index is 14.8. The van der Waals surface area contributed by atoms with E-state index in [1.54, 1.807) is 6.07 Å². The second kappa shape index (κ2) is 6.73. The van der Waals surface area contributed by atoms with E-state index in [2.05, 4.69) is 16.5 Å². The SMILES string of the molecule is CCCCCCn1c2nc3cccc(c31)-c1c(F)ccc-2c1F.[Ir]. The van der Waals surface area contributed by atoms with E-state index < -0.39 is 11.6 Å². The van der Waals surface area contributed by atoms with Crippen LogP contribution in [0.1, 0.15) is 32.6 Å². The van der Waals surface area contributed by atoms with Crippen LogP contribution in [0.25, 0.3) is 33.5 Å². The molecule has 1 aromatic heterocycles. The van der Waals surface area contributed by atoms with Gasteiger partial charge in [0.1, 0.15) is 17.5 Å². The zero-order valence-electron chi connectivity index (χ0n) is 13.4. The van der Waals surface area contributed by atoms with Crippen molar-refractivity contribution in [2.45, 2.75) is 39.2 Å². The van der Waals surface area contributed by atoms with Gasteiger partial charge in [-0.05, 0) is 24.6 Å². The van der Waals surface area contributed by atoms with Crippen molar-refractivity contribution in [2.75, 3.05) is 0 Å². The van der Waals surface area contributed by atoms with Crippen molar-refractivity contribution in [1.82, 2.24) is 9.55 Å². The molecule has 0 spiro atoms. The molecule has 0 N–H and O–H groups in total. The second-order valence-corrected chi connectivity index (χ2v) is 6.10. The van der Waals surface area contributed by atoms with Crippen molar-refractivity contribution in [2.24, 2.45) is 0 Å². The van der Waals surface area contributed by atoms with Gasteiger partial charge in [0, 0.05) is 32.2 Å². The van der Waals surface area contributed by atoms with Gasteiger partial charge in [0.2, 0.25) is 0 Å². The number of unbranched alkanes of at least 4 members (excludes halogenated alkanes) is 3.